The van der Waals surface area contributed by atoms with Gasteiger partial charge in [-0.3, -0.25) is 9.59 Å². The first-order valence-corrected chi connectivity index (χ1v) is 14.3. The van der Waals surface area contributed by atoms with Crippen LogP contribution in [0.5, 0.6) is 11.5 Å². The van der Waals surface area contributed by atoms with Crippen molar-refractivity contribution in [3.8, 4) is 11.5 Å². The van der Waals surface area contributed by atoms with Gasteiger partial charge in [-0.25, -0.2) is 0 Å². The molecule has 3 aromatic rings. The van der Waals surface area contributed by atoms with Gasteiger partial charge in [0.05, 0.1) is 16.9 Å². The number of carbonyl (C=O) groups excluding carboxylic acids is 2. The van der Waals surface area contributed by atoms with Crippen molar-refractivity contribution in [2.45, 2.75) is 56.6 Å². The molecule has 7 rings (SSSR count). The van der Waals surface area contributed by atoms with Crippen LogP contribution in [0.25, 0.3) is 10.9 Å². The summed E-state index contributed by atoms with van der Waals surface area (Å²) in [6, 6.07) is 10.1. The first-order valence-electron chi connectivity index (χ1n) is 14.3. The lowest BCUT2D eigenvalue weighted by molar-refractivity contribution is -0.126. The Morgan fingerprint density at radius 3 is 2.80 bits per heavy atom. The molecule has 0 spiro atoms. The molecule has 5 N–H and O–H groups in total. The summed E-state index contributed by atoms with van der Waals surface area (Å²) in [5.41, 5.74) is 11.1. The fourth-order valence-corrected chi connectivity index (χ4v) is 7.91. The topological polar surface area (TPSA) is 130 Å². The maximum Gasteiger partial charge on any atom is 0.250 e. The number of hydrogen-bond acceptors (Lipinski definition) is 6. The van der Waals surface area contributed by atoms with E-state index in [2.05, 4.69) is 41.3 Å². The highest BCUT2D eigenvalue weighted by Gasteiger charge is 2.63. The lowest BCUT2D eigenvalue weighted by atomic mass is 9.53. The zero-order valence-corrected chi connectivity index (χ0v) is 23.0. The third kappa shape index (κ3) is 3.74. The smallest absolute Gasteiger partial charge is 0.250 e. The van der Waals surface area contributed by atoms with Gasteiger partial charge < -0.3 is 35.5 Å². The van der Waals surface area contributed by atoms with Crippen molar-refractivity contribution < 1.29 is 24.2 Å². The van der Waals surface area contributed by atoms with Gasteiger partial charge in [0, 0.05) is 29.0 Å². The normalized spacial score (nSPS) is 25.9. The third-order valence-corrected chi connectivity index (χ3v) is 9.75. The molecule has 3 aliphatic carbocycles. The highest BCUT2D eigenvalue weighted by molar-refractivity contribution is 6.02. The number of nitrogens with zero attached hydrogens (tertiary/aromatic N) is 1. The zero-order chi connectivity index (χ0) is 27.8. The van der Waals surface area contributed by atoms with Crippen LogP contribution < -0.4 is 15.8 Å². The van der Waals surface area contributed by atoms with Crippen molar-refractivity contribution >= 4 is 28.4 Å². The predicted octanol–water partition coefficient (Wildman–Crippen LogP) is 3.53. The molecule has 1 fully saturated rings. The molecule has 0 saturated heterocycles. The minimum Gasteiger partial charge on any atom is -0.504 e. The summed E-state index contributed by atoms with van der Waals surface area (Å²) in [6.45, 7) is 2.79. The molecule has 2 heterocycles. The predicted molar refractivity (Wildman–Crippen MR) is 150 cm³/mol. The Hall–Kier alpha value is -3.56. The van der Waals surface area contributed by atoms with E-state index in [-0.39, 0.29) is 36.4 Å². The first kappa shape index (κ1) is 25.4. The van der Waals surface area contributed by atoms with Gasteiger partial charge in [0.2, 0.25) is 11.8 Å². The van der Waals surface area contributed by atoms with E-state index in [0.717, 1.165) is 48.3 Å². The number of phenolic OH excluding ortho intramolecular Hbond substituents is 1. The minimum atomic E-state index is -0.619. The van der Waals surface area contributed by atoms with Crippen LogP contribution in [0.1, 0.15) is 54.7 Å². The number of phenols is 1. The summed E-state index contributed by atoms with van der Waals surface area (Å²) < 4.78 is 11.9. The van der Waals surface area contributed by atoms with Crippen LogP contribution in [0, 0.1) is 11.8 Å². The Labute approximate surface area is 233 Å². The number of para-hydroxylation sites is 1. The number of ether oxygens (including phenoxy) is 2. The first-order chi connectivity index (χ1) is 19.3. The fourth-order valence-electron chi connectivity index (χ4n) is 7.91. The van der Waals surface area contributed by atoms with E-state index in [1.807, 2.05) is 12.1 Å². The minimum absolute atomic E-state index is 0.200. The lowest BCUT2D eigenvalue weighted by Gasteiger charge is -2.53. The van der Waals surface area contributed by atoms with Gasteiger partial charge in [-0.15, -0.1) is 0 Å². The molecule has 210 valence electrons. The Morgan fingerprint density at radius 2 is 2.05 bits per heavy atom. The van der Waals surface area contributed by atoms with Crippen molar-refractivity contribution in [3.05, 3.63) is 52.7 Å². The molecule has 2 amide bonds. The SMILES string of the molecule is CCC12c3c4ccc(O)c3OC1c1[nH]c3c(NC(=O)COCC(N)=O)cccc3c1CC2C(N(C)CC1CC1)C4. The van der Waals surface area contributed by atoms with Gasteiger partial charge >= 0.3 is 0 Å². The number of aromatic amines is 1. The zero-order valence-electron chi connectivity index (χ0n) is 23.0. The Bertz CT molecular complexity index is 1530. The van der Waals surface area contributed by atoms with Crippen LogP contribution in [0.3, 0.4) is 0 Å². The number of primary amides is 1. The van der Waals surface area contributed by atoms with Gasteiger partial charge in [0.1, 0.15) is 19.3 Å². The van der Waals surface area contributed by atoms with E-state index in [9.17, 15) is 14.7 Å². The molecule has 4 aliphatic rings. The molecule has 0 bridgehead atoms. The number of nitrogens with one attached hydrogen (secondary N) is 2. The molecule has 9 nitrogen and oxygen atoms in total. The number of likely N-dealkylation sites (N-methyl/N-ethyl adjacent to an activating group) is 1. The lowest BCUT2D eigenvalue weighted by Crippen LogP contribution is -2.57. The molecular formula is C31H36N4O5. The summed E-state index contributed by atoms with van der Waals surface area (Å²) in [6.07, 6.45) is 5.09. The summed E-state index contributed by atoms with van der Waals surface area (Å²) >= 11 is 0. The number of H-pyrrole nitrogens is 1. The Morgan fingerprint density at radius 1 is 1.23 bits per heavy atom. The van der Waals surface area contributed by atoms with Gasteiger partial charge in [-0.1, -0.05) is 25.1 Å². The Balaban J connectivity index is 1.32. The third-order valence-electron chi connectivity index (χ3n) is 9.75. The number of nitrogens with two attached hydrogens (primary N) is 1. The van der Waals surface area contributed by atoms with Gasteiger partial charge in [0.25, 0.3) is 0 Å². The standard InChI is InChI=1S/C31H36N4O5/c1-3-31-20-12-19-18-5-4-6-21(33-25(38)15-39-14-24(32)37)27(18)34-28(19)30(31)40-29-23(36)10-9-17(26(29)31)11-22(20)35(2)13-16-7-8-16/h4-6,9-10,16,20,22,30,34,36H,3,7-8,11-15H2,1-2H3,(H2,32,37)(H,33,38). The second kappa shape index (κ2) is 9.24. The second-order valence-corrected chi connectivity index (χ2v) is 12.1. The summed E-state index contributed by atoms with van der Waals surface area (Å²) in [5.74, 6) is 0.955. The van der Waals surface area contributed by atoms with Crippen molar-refractivity contribution in [1.82, 2.24) is 9.88 Å². The van der Waals surface area contributed by atoms with Gasteiger partial charge in [-0.2, -0.15) is 0 Å². The highest BCUT2D eigenvalue weighted by Crippen LogP contribution is 2.66. The summed E-state index contributed by atoms with van der Waals surface area (Å²) in [5, 5.41) is 14.9. The van der Waals surface area contributed by atoms with Crippen molar-refractivity contribution in [1.29, 1.82) is 0 Å². The van der Waals surface area contributed by atoms with Gasteiger partial charge in [-0.05, 0) is 74.2 Å². The van der Waals surface area contributed by atoms with E-state index < -0.39 is 5.91 Å². The molecule has 4 atom stereocenters. The van der Waals surface area contributed by atoms with Crippen molar-refractivity contribution in [3.63, 3.8) is 0 Å². The molecule has 9 heteroatoms. The van der Waals surface area contributed by atoms with Gasteiger partial charge in [0.15, 0.2) is 11.5 Å². The number of fused-ring (bicyclic) bond motifs is 4. The van der Waals surface area contributed by atoms with E-state index in [0.29, 0.717) is 23.4 Å². The largest absolute Gasteiger partial charge is 0.504 e. The Kier molecular flexibility index (Phi) is 5.87. The van der Waals surface area contributed by atoms with E-state index in [1.165, 1.54) is 29.5 Å². The van der Waals surface area contributed by atoms with Crippen molar-refractivity contribution in [2.75, 3.05) is 32.1 Å². The number of anilines is 1. The number of hydrogen-bond donors (Lipinski definition) is 4. The van der Waals surface area contributed by atoms with Crippen LogP contribution in [-0.4, -0.2) is 59.7 Å². The number of aromatic nitrogens is 1. The number of benzene rings is 2. The van der Waals surface area contributed by atoms with Crippen LogP contribution in [-0.2, 0) is 32.6 Å². The average Bonchev–Trinajstić information content (AvgIpc) is 3.54. The highest BCUT2D eigenvalue weighted by atomic mass is 16.5. The molecule has 2 aromatic carbocycles. The maximum absolute atomic E-state index is 12.6. The van der Waals surface area contributed by atoms with E-state index in [1.54, 1.807) is 6.07 Å². The van der Waals surface area contributed by atoms with Crippen molar-refractivity contribution in [2.24, 2.45) is 17.6 Å². The average molecular weight is 545 g/mol. The van der Waals surface area contributed by atoms with E-state index >= 15 is 0 Å². The maximum atomic E-state index is 12.6. The molecule has 1 saturated carbocycles. The van der Waals surface area contributed by atoms with Crippen LogP contribution in [0.15, 0.2) is 30.3 Å². The number of aromatic hydroxyl groups is 1. The molecule has 40 heavy (non-hydrogen) atoms. The molecule has 1 aliphatic heterocycles. The van der Waals surface area contributed by atoms with E-state index in [4.69, 9.17) is 15.2 Å². The van der Waals surface area contributed by atoms with Crippen LogP contribution in [0.4, 0.5) is 5.69 Å². The van der Waals surface area contributed by atoms with Crippen LogP contribution >= 0.6 is 0 Å². The second-order valence-electron chi connectivity index (χ2n) is 12.1. The summed E-state index contributed by atoms with van der Waals surface area (Å²) in [7, 11) is 2.28. The number of carbonyl (C=O) groups is 2. The fraction of sp³-hybridized carbons (Fsp3) is 0.484. The molecule has 1 aromatic heterocycles. The quantitative estimate of drug-likeness (QED) is 0.326. The molecule has 0 radical (unpaired) electrons. The molecule has 4 unspecified atom stereocenters. The monoisotopic (exact) mass is 544 g/mol. The summed E-state index contributed by atoms with van der Waals surface area (Å²) in [4.78, 5) is 29.8. The molecular weight excluding hydrogens is 508 g/mol. The van der Waals surface area contributed by atoms with Crippen LogP contribution in [0.2, 0.25) is 0 Å². The number of amides is 2. The number of rotatable bonds is 9.